The van der Waals surface area contributed by atoms with Crippen LogP contribution < -0.4 is 14.8 Å². The van der Waals surface area contributed by atoms with Crippen LogP contribution in [0.1, 0.15) is 26.5 Å². The van der Waals surface area contributed by atoms with E-state index in [1.165, 1.54) is 18.2 Å². The highest BCUT2D eigenvalue weighted by Gasteiger charge is 2.20. The lowest BCUT2D eigenvalue weighted by Crippen LogP contribution is -2.20. The average Bonchev–Trinajstić information content (AvgIpc) is 3.30. The van der Waals surface area contributed by atoms with Gasteiger partial charge in [0.1, 0.15) is 28.6 Å². The second-order valence-electron chi connectivity index (χ2n) is 7.71. The van der Waals surface area contributed by atoms with Gasteiger partial charge in [0.15, 0.2) is 5.76 Å². The van der Waals surface area contributed by atoms with Gasteiger partial charge in [-0.3, -0.25) is 9.59 Å². The molecule has 2 amide bonds. The first-order valence-corrected chi connectivity index (χ1v) is 11.2. The lowest BCUT2D eigenvalue weighted by Gasteiger charge is -2.10. The van der Waals surface area contributed by atoms with Crippen LogP contribution in [0.4, 0.5) is 5.82 Å². The Morgan fingerprint density at radius 3 is 2.33 bits per heavy atom. The van der Waals surface area contributed by atoms with Gasteiger partial charge in [0, 0.05) is 38.0 Å². The number of ether oxygens (including phenoxy) is 2. The largest absolute Gasteiger partial charge is 0.497 e. The van der Waals surface area contributed by atoms with Crippen molar-refractivity contribution in [2.75, 3.05) is 26.5 Å². The van der Waals surface area contributed by atoms with Gasteiger partial charge in [-0.1, -0.05) is 17.7 Å². The number of pyridine rings is 1. The van der Waals surface area contributed by atoms with Gasteiger partial charge in [0.05, 0.1) is 12.5 Å². The predicted molar refractivity (Wildman–Crippen MR) is 133 cm³/mol. The summed E-state index contributed by atoms with van der Waals surface area (Å²) in [6.07, 6.45) is 1.54. The molecule has 2 aromatic heterocycles. The van der Waals surface area contributed by atoms with Gasteiger partial charge in [0.25, 0.3) is 11.8 Å². The second kappa shape index (κ2) is 11.8. The van der Waals surface area contributed by atoms with Crippen molar-refractivity contribution in [3.8, 4) is 17.2 Å². The van der Waals surface area contributed by atoms with E-state index in [0.717, 1.165) is 5.56 Å². The number of benzene rings is 2. The summed E-state index contributed by atoms with van der Waals surface area (Å²) >= 11 is -0.750. The molecule has 2 aromatic carbocycles. The molecule has 186 valence electrons. The van der Waals surface area contributed by atoms with Crippen molar-refractivity contribution >= 4 is 40.2 Å². The number of rotatable bonds is 6. The topological polar surface area (TPSA) is 128 Å². The third kappa shape index (κ3) is 6.33. The summed E-state index contributed by atoms with van der Waals surface area (Å²) in [5.74, 6) is 1.33. The molecule has 0 saturated carbocycles. The molecule has 36 heavy (non-hydrogen) atoms. The molecule has 4 aromatic rings. The van der Waals surface area contributed by atoms with Crippen LogP contribution in [-0.4, -0.2) is 51.3 Å². The summed E-state index contributed by atoms with van der Waals surface area (Å²) in [6.45, 7) is 1.98. The molecule has 2 heterocycles. The molecule has 0 spiro atoms. The Kier molecular flexibility index (Phi) is 8.52. The highest BCUT2D eigenvalue weighted by Crippen LogP contribution is 2.34. The number of amides is 2. The van der Waals surface area contributed by atoms with E-state index in [-0.39, 0.29) is 17.2 Å². The van der Waals surface area contributed by atoms with E-state index >= 15 is 0 Å². The lowest BCUT2D eigenvalue weighted by atomic mass is 10.1. The number of nitrogens with zero attached hydrogens (tertiary/aromatic N) is 2. The van der Waals surface area contributed by atoms with Crippen molar-refractivity contribution in [3.05, 3.63) is 77.7 Å². The first-order valence-electron chi connectivity index (χ1n) is 10.5. The van der Waals surface area contributed by atoms with Gasteiger partial charge in [-0.15, -0.1) is 0 Å². The Bertz CT molecular complexity index is 1430. The monoisotopic (exact) mass is 509 g/mol. The van der Waals surface area contributed by atoms with E-state index in [2.05, 4.69) is 10.3 Å². The zero-order chi connectivity index (χ0) is 26.2. The Morgan fingerprint density at radius 1 is 1.00 bits per heavy atom. The number of carbonyl (C=O) groups is 2. The maximum Gasteiger partial charge on any atom is 0.335 e. The molecule has 0 radical (unpaired) electrons. The minimum absolute atomic E-state index is 0.149. The summed E-state index contributed by atoms with van der Waals surface area (Å²) < 4.78 is 33.6. The highest BCUT2D eigenvalue weighted by molar-refractivity contribution is 7.51. The first-order chi connectivity index (χ1) is 17.2. The summed E-state index contributed by atoms with van der Waals surface area (Å²) in [4.78, 5) is 31.0. The van der Waals surface area contributed by atoms with Crippen LogP contribution in [0.25, 0.3) is 11.0 Å². The standard InChI is InChI=1S/C25H23N3O5.O2S/c1-15-5-7-17(8-6-15)32-20-11-16(24(29)27-23-13-18(31-4)9-10-26-23)12-21-19(20)14-22(33-21)25(30)28(2)3;1-3-2/h5-14H,1-4H3,(H,26,27,29);. The minimum atomic E-state index is -0.750. The number of furan rings is 1. The van der Waals surface area contributed by atoms with Gasteiger partial charge in [-0.2, -0.15) is 8.42 Å². The van der Waals surface area contributed by atoms with Crippen LogP contribution in [0.2, 0.25) is 0 Å². The fourth-order valence-electron chi connectivity index (χ4n) is 3.18. The zero-order valence-electron chi connectivity index (χ0n) is 19.9. The molecule has 0 unspecified atom stereocenters. The summed E-state index contributed by atoms with van der Waals surface area (Å²) in [5.41, 5.74) is 1.73. The first kappa shape index (κ1) is 26.1. The van der Waals surface area contributed by atoms with Gasteiger partial charge in [0.2, 0.25) is 0 Å². The molecule has 0 aliphatic heterocycles. The quantitative estimate of drug-likeness (QED) is 0.409. The van der Waals surface area contributed by atoms with Crippen molar-refractivity contribution in [2.45, 2.75) is 6.92 Å². The number of hydrogen-bond donors (Lipinski definition) is 1. The van der Waals surface area contributed by atoms with Crippen LogP contribution in [0.3, 0.4) is 0 Å². The number of anilines is 1. The van der Waals surface area contributed by atoms with Crippen molar-refractivity contribution in [1.82, 2.24) is 9.88 Å². The average molecular weight is 510 g/mol. The SMILES string of the molecule is COc1ccnc(NC(=O)c2cc(Oc3ccc(C)cc3)c3cc(C(=O)N(C)C)oc3c2)c1.O=S=O. The molecule has 10 nitrogen and oxygen atoms in total. The third-order valence-corrected chi connectivity index (χ3v) is 4.94. The van der Waals surface area contributed by atoms with Crippen molar-refractivity contribution < 1.29 is 31.9 Å². The Morgan fingerprint density at radius 2 is 1.69 bits per heavy atom. The van der Waals surface area contributed by atoms with E-state index in [0.29, 0.717) is 34.0 Å². The fourth-order valence-corrected chi connectivity index (χ4v) is 3.18. The van der Waals surface area contributed by atoms with E-state index in [9.17, 15) is 9.59 Å². The van der Waals surface area contributed by atoms with Crippen LogP contribution in [0, 0.1) is 6.92 Å². The minimum Gasteiger partial charge on any atom is -0.497 e. The Hall–Kier alpha value is -4.51. The molecule has 1 N–H and O–H groups in total. The van der Waals surface area contributed by atoms with Gasteiger partial charge in [-0.25, -0.2) is 4.98 Å². The number of aromatic nitrogens is 1. The molecule has 0 atom stereocenters. The highest BCUT2D eigenvalue weighted by atomic mass is 32.1. The van der Waals surface area contributed by atoms with Crippen LogP contribution in [0.5, 0.6) is 17.2 Å². The summed E-state index contributed by atoms with van der Waals surface area (Å²) in [5, 5.41) is 3.32. The van der Waals surface area contributed by atoms with Crippen molar-refractivity contribution in [1.29, 1.82) is 0 Å². The van der Waals surface area contributed by atoms with Crippen LogP contribution in [-0.2, 0) is 11.6 Å². The van der Waals surface area contributed by atoms with E-state index in [1.54, 1.807) is 44.4 Å². The molecule has 11 heteroatoms. The number of fused-ring (bicyclic) bond motifs is 1. The molecular weight excluding hydrogens is 486 g/mol. The summed E-state index contributed by atoms with van der Waals surface area (Å²) in [6, 6.07) is 15.6. The van der Waals surface area contributed by atoms with Crippen molar-refractivity contribution in [2.24, 2.45) is 0 Å². The smallest absolute Gasteiger partial charge is 0.335 e. The maximum atomic E-state index is 13.0. The van der Waals surface area contributed by atoms with Crippen LogP contribution in [0.15, 0.2) is 65.2 Å². The molecule has 0 aliphatic carbocycles. The van der Waals surface area contributed by atoms with Crippen LogP contribution >= 0.6 is 0 Å². The molecule has 4 rings (SSSR count). The molecular formula is C25H23N3O7S. The van der Waals surface area contributed by atoms with Gasteiger partial charge < -0.3 is 24.1 Å². The lowest BCUT2D eigenvalue weighted by molar-refractivity contribution is 0.0799. The zero-order valence-corrected chi connectivity index (χ0v) is 20.8. The maximum absolute atomic E-state index is 13.0. The van der Waals surface area contributed by atoms with Gasteiger partial charge in [-0.05, 0) is 37.3 Å². The number of hydrogen-bond acceptors (Lipinski definition) is 8. The third-order valence-electron chi connectivity index (χ3n) is 4.94. The van der Waals surface area contributed by atoms with Gasteiger partial charge >= 0.3 is 11.6 Å². The number of carbonyl (C=O) groups excluding carboxylic acids is 2. The fraction of sp³-hybridized carbons (Fsp3) is 0.160. The van der Waals surface area contributed by atoms with Crippen molar-refractivity contribution in [3.63, 3.8) is 0 Å². The molecule has 0 saturated heterocycles. The Labute approximate surface area is 210 Å². The predicted octanol–water partition coefficient (Wildman–Crippen LogP) is 4.22. The number of aryl methyl sites for hydroxylation is 1. The van der Waals surface area contributed by atoms with E-state index in [4.69, 9.17) is 22.3 Å². The normalized spacial score (nSPS) is 10.1. The molecule has 0 fully saturated rings. The van der Waals surface area contributed by atoms with E-state index < -0.39 is 17.5 Å². The van der Waals surface area contributed by atoms with E-state index in [1.807, 2.05) is 31.2 Å². The molecule has 0 aliphatic rings. The number of methoxy groups -OCH3 is 1. The number of nitrogens with one attached hydrogen (secondary N) is 1. The Balaban J connectivity index is 0.00000115. The second-order valence-corrected chi connectivity index (χ2v) is 7.85. The summed E-state index contributed by atoms with van der Waals surface area (Å²) in [7, 11) is 4.81. The molecule has 0 bridgehead atoms.